The van der Waals surface area contributed by atoms with Gasteiger partial charge in [-0.25, -0.2) is 0 Å². The number of aliphatic carboxylic acids is 1. The molecule has 8 nitrogen and oxygen atoms in total. The molecule has 0 aliphatic carbocycles. The number of hydrogen-bond donors (Lipinski definition) is 1. The molecule has 1 aliphatic rings. The minimum atomic E-state index is -1.20. The summed E-state index contributed by atoms with van der Waals surface area (Å²) in [6.45, 7) is 4.25. The third-order valence-corrected chi connectivity index (χ3v) is 5.01. The van der Waals surface area contributed by atoms with Gasteiger partial charge in [-0.2, -0.15) is 0 Å². The summed E-state index contributed by atoms with van der Waals surface area (Å²) in [5.41, 5.74) is 0.142. The zero-order valence-corrected chi connectivity index (χ0v) is 16.0. The Morgan fingerprint density at radius 2 is 1.89 bits per heavy atom. The number of thioether (sulfide) groups is 1. The number of amides is 1. The lowest BCUT2D eigenvalue weighted by atomic mass is 9.98. The number of carbonyl (C=O) groups excluding carboxylic acids is 2. The van der Waals surface area contributed by atoms with Gasteiger partial charge in [-0.05, 0) is 24.3 Å². The summed E-state index contributed by atoms with van der Waals surface area (Å²) >= 11 is 1.28. The van der Waals surface area contributed by atoms with Crippen molar-refractivity contribution in [2.24, 2.45) is 5.92 Å². The first kappa shape index (κ1) is 20.6. The lowest BCUT2D eigenvalue weighted by Crippen LogP contribution is -2.37. The first-order valence-electron chi connectivity index (χ1n) is 8.25. The monoisotopic (exact) mass is 392 g/mol. The number of Topliss-reactive ketones (excluding diaryl/α,β-unsaturated/α-hetero) is 1. The van der Waals surface area contributed by atoms with Gasteiger partial charge in [0.2, 0.25) is 0 Å². The van der Waals surface area contributed by atoms with Gasteiger partial charge >= 0.3 is 5.97 Å². The fourth-order valence-corrected chi connectivity index (χ4v) is 3.90. The van der Waals surface area contributed by atoms with Crippen molar-refractivity contribution in [2.45, 2.75) is 25.6 Å². The Hall–Kier alpha value is -2.68. The molecule has 0 unspecified atom stereocenters. The van der Waals surface area contributed by atoms with Crippen molar-refractivity contribution >= 4 is 35.1 Å². The number of benzene rings is 1. The minimum absolute atomic E-state index is 0.0224. The second kappa shape index (κ2) is 8.34. The van der Waals surface area contributed by atoms with Crippen LogP contribution in [0.3, 0.4) is 0 Å². The smallest absolute Gasteiger partial charge is 0.308 e. The van der Waals surface area contributed by atoms with Crippen LogP contribution in [0, 0.1) is 16.0 Å². The van der Waals surface area contributed by atoms with Crippen LogP contribution in [-0.4, -0.2) is 50.8 Å². The largest absolute Gasteiger partial charge is 0.481 e. The van der Waals surface area contributed by atoms with Crippen LogP contribution >= 0.6 is 11.8 Å². The van der Waals surface area contributed by atoms with E-state index in [2.05, 4.69) is 0 Å². The molecule has 0 saturated heterocycles. The predicted molar refractivity (Wildman–Crippen MR) is 101 cm³/mol. The van der Waals surface area contributed by atoms with Gasteiger partial charge in [0.15, 0.2) is 5.78 Å². The number of carboxylic acids is 1. The third kappa shape index (κ3) is 4.36. The first-order chi connectivity index (χ1) is 12.7. The molecule has 0 fully saturated rings. The molecule has 1 N–H and O–H groups in total. The molecule has 0 spiro atoms. The van der Waals surface area contributed by atoms with Crippen molar-refractivity contribution in [3.63, 3.8) is 0 Å². The molecule has 1 aromatic rings. The van der Waals surface area contributed by atoms with Crippen molar-refractivity contribution in [1.29, 1.82) is 0 Å². The van der Waals surface area contributed by atoms with Gasteiger partial charge in [0.25, 0.3) is 11.6 Å². The van der Waals surface area contributed by atoms with E-state index in [0.29, 0.717) is 6.54 Å². The number of non-ortho nitro benzene ring substituents is 1. The maximum atomic E-state index is 13.1. The highest BCUT2D eigenvalue weighted by atomic mass is 32.2. The molecule has 27 heavy (non-hydrogen) atoms. The van der Waals surface area contributed by atoms with E-state index < -0.39 is 34.4 Å². The van der Waals surface area contributed by atoms with Gasteiger partial charge in [0, 0.05) is 35.4 Å². The lowest BCUT2D eigenvalue weighted by Gasteiger charge is -2.27. The number of nitro benzene ring substituents is 1. The topological polar surface area (TPSA) is 118 Å². The molecule has 0 bridgehead atoms. The molecule has 1 atom stereocenters. The predicted octanol–water partition coefficient (Wildman–Crippen LogP) is 2.74. The van der Waals surface area contributed by atoms with E-state index >= 15 is 0 Å². The van der Waals surface area contributed by atoms with Crippen LogP contribution in [0.4, 0.5) is 5.69 Å². The zero-order chi connectivity index (χ0) is 20.3. The molecule has 144 valence electrons. The van der Waals surface area contributed by atoms with Crippen LogP contribution in [0.2, 0.25) is 0 Å². The van der Waals surface area contributed by atoms with Gasteiger partial charge in [0.1, 0.15) is 5.37 Å². The zero-order valence-electron chi connectivity index (χ0n) is 15.2. The number of hydrogen-bond acceptors (Lipinski definition) is 6. The molecule has 1 heterocycles. The summed E-state index contributed by atoms with van der Waals surface area (Å²) in [5.74, 6) is -1.99. The van der Waals surface area contributed by atoms with Gasteiger partial charge in [-0.15, -0.1) is 11.8 Å². The number of rotatable bonds is 8. The van der Waals surface area contributed by atoms with Gasteiger partial charge in [-0.1, -0.05) is 13.8 Å². The average Bonchev–Trinajstić information content (AvgIpc) is 2.85. The number of carbonyl (C=O) groups is 3. The highest BCUT2D eigenvalue weighted by Crippen LogP contribution is 2.36. The highest BCUT2D eigenvalue weighted by molar-refractivity contribution is 7.99. The molecular formula is C18H20N2O6S. The molecule has 1 amide bonds. The fourth-order valence-electron chi connectivity index (χ4n) is 2.98. The maximum absolute atomic E-state index is 13.1. The SMILES string of the molecule is CS[C@@H]1C(C(=O)c2ccc([N+](=O)[O-])cc2)=C(CC(=O)O)C(=O)N1CC(C)C. The van der Waals surface area contributed by atoms with Crippen LogP contribution in [0.1, 0.15) is 30.6 Å². The molecule has 1 aromatic carbocycles. The van der Waals surface area contributed by atoms with Gasteiger partial charge in [0.05, 0.1) is 11.3 Å². The van der Waals surface area contributed by atoms with Gasteiger partial charge < -0.3 is 10.0 Å². The van der Waals surface area contributed by atoms with E-state index in [1.165, 1.54) is 40.9 Å². The van der Waals surface area contributed by atoms with Crippen molar-refractivity contribution < 1.29 is 24.4 Å². The van der Waals surface area contributed by atoms with Crippen LogP contribution < -0.4 is 0 Å². The lowest BCUT2D eigenvalue weighted by molar-refractivity contribution is -0.384. The summed E-state index contributed by atoms with van der Waals surface area (Å²) in [5, 5.41) is 19.4. The Labute approximate surface area is 160 Å². The Balaban J connectivity index is 2.50. The minimum Gasteiger partial charge on any atom is -0.481 e. The van der Waals surface area contributed by atoms with Gasteiger partial charge in [-0.3, -0.25) is 24.5 Å². The van der Waals surface area contributed by atoms with Crippen LogP contribution in [0.5, 0.6) is 0 Å². The quantitative estimate of drug-likeness (QED) is 0.410. The third-order valence-electron chi connectivity index (χ3n) is 4.07. The van der Waals surface area contributed by atoms with Crippen molar-refractivity contribution in [3.05, 3.63) is 51.1 Å². The summed E-state index contributed by atoms with van der Waals surface area (Å²) in [4.78, 5) is 48.8. The first-order valence-corrected chi connectivity index (χ1v) is 9.53. The Morgan fingerprint density at radius 3 is 2.33 bits per heavy atom. The molecule has 2 rings (SSSR count). The van der Waals surface area contributed by atoms with Crippen molar-refractivity contribution in [2.75, 3.05) is 12.8 Å². The Bertz CT molecular complexity index is 816. The standard InChI is InChI=1S/C18H20N2O6S/c1-10(2)9-19-17(24)13(8-14(21)22)15(18(19)27-3)16(23)11-4-6-12(7-5-11)20(25)26/h4-7,10,18H,8-9H2,1-3H3,(H,21,22)/t18-/m1/s1. The maximum Gasteiger partial charge on any atom is 0.308 e. The van der Waals surface area contributed by atoms with Crippen LogP contribution in [-0.2, 0) is 9.59 Å². The van der Waals surface area contributed by atoms with Crippen molar-refractivity contribution in [1.82, 2.24) is 4.90 Å². The van der Waals surface area contributed by atoms with Crippen LogP contribution in [0.15, 0.2) is 35.4 Å². The van der Waals surface area contributed by atoms with E-state index in [0.717, 1.165) is 0 Å². The van der Waals surface area contributed by atoms with Crippen LogP contribution in [0.25, 0.3) is 0 Å². The molecule has 0 aromatic heterocycles. The van der Waals surface area contributed by atoms with E-state index in [-0.39, 0.29) is 28.3 Å². The summed E-state index contributed by atoms with van der Waals surface area (Å²) < 4.78 is 0. The van der Waals surface area contributed by atoms with E-state index in [1.54, 1.807) is 6.26 Å². The summed E-state index contributed by atoms with van der Waals surface area (Å²) in [6.07, 6.45) is 1.20. The summed E-state index contributed by atoms with van der Waals surface area (Å²) in [7, 11) is 0. The Kier molecular flexibility index (Phi) is 6.37. The average molecular weight is 392 g/mol. The fraction of sp³-hybridized carbons (Fsp3) is 0.389. The van der Waals surface area contributed by atoms with E-state index in [1.807, 2.05) is 13.8 Å². The molecular weight excluding hydrogens is 372 g/mol. The molecule has 1 aliphatic heterocycles. The molecule has 9 heteroatoms. The van der Waals surface area contributed by atoms with Crippen molar-refractivity contribution in [3.8, 4) is 0 Å². The molecule has 0 saturated carbocycles. The normalized spacial score (nSPS) is 17.0. The highest BCUT2D eigenvalue weighted by Gasteiger charge is 2.42. The number of carboxylic acid groups (broad SMARTS) is 1. The van der Waals surface area contributed by atoms with E-state index in [9.17, 15) is 29.6 Å². The second-order valence-corrected chi connectivity index (χ2v) is 7.45. The Morgan fingerprint density at radius 1 is 1.30 bits per heavy atom. The number of nitrogens with zero attached hydrogens (tertiary/aromatic N) is 2. The molecule has 0 radical (unpaired) electrons. The second-order valence-electron chi connectivity index (χ2n) is 6.54. The van der Waals surface area contributed by atoms with E-state index in [4.69, 9.17) is 0 Å². The summed E-state index contributed by atoms with van der Waals surface area (Å²) in [6, 6.07) is 5.06. The number of ketones is 1. The number of nitro groups is 1.